The molecule has 150 valence electrons. The van der Waals surface area contributed by atoms with Crippen molar-refractivity contribution < 1.29 is 33.8 Å². The number of nitro benzene ring substituents is 1. The van der Waals surface area contributed by atoms with Crippen molar-refractivity contribution >= 4 is 11.7 Å². The Hall–Kier alpha value is -3.11. The third kappa shape index (κ3) is 4.17. The lowest BCUT2D eigenvalue weighted by molar-refractivity contribution is -0.384. The molecular formula is C20H17NO8. The zero-order valence-electron chi connectivity index (χ0n) is 15.0. The van der Waals surface area contributed by atoms with Gasteiger partial charge in [-0.3, -0.25) is 10.1 Å². The molecule has 2 heterocycles. The van der Waals surface area contributed by atoms with Gasteiger partial charge in [-0.2, -0.15) is 0 Å². The van der Waals surface area contributed by atoms with Crippen molar-refractivity contribution in [2.45, 2.75) is 24.5 Å². The van der Waals surface area contributed by atoms with E-state index in [9.17, 15) is 20.0 Å². The van der Waals surface area contributed by atoms with Crippen LogP contribution < -0.4 is 0 Å². The number of ether oxygens (including phenoxy) is 4. The summed E-state index contributed by atoms with van der Waals surface area (Å²) in [6.45, 7) is 0.117. The van der Waals surface area contributed by atoms with Gasteiger partial charge in [0.05, 0.1) is 17.1 Å². The number of nitrogens with zero attached hydrogens (tertiary/aromatic N) is 1. The van der Waals surface area contributed by atoms with E-state index in [1.807, 2.05) is 30.3 Å². The largest absolute Gasteiger partial charge is 0.401 e. The molecule has 0 aliphatic carbocycles. The van der Waals surface area contributed by atoms with Gasteiger partial charge in [0.25, 0.3) is 5.69 Å². The fourth-order valence-electron chi connectivity index (χ4n) is 3.04. The van der Waals surface area contributed by atoms with Crippen LogP contribution in [0.15, 0.2) is 66.7 Å². The lowest BCUT2D eigenvalue weighted by Gasteiger charge is -2.41. The van der Waals surface area contributed by atoms with Crippen LogP contribution in [-0.4, -0.2) is 40.8 Å². The average Bonchev–Trinajstić information content (AvgIpc) is 2.74. The summed E-state index contributed by atoms with van der Waals surface area (Å²) in [4.78, 5) is 22.4. The van der Waals surface area contributed by atoms with E-state index >= 15 is 0 Å². The van der Waals surface area contributed by atoms with Gasteiger partial charge in [0.15, 0.2) is 6.29 Å². The SMILES string of the molecule is O=C(O[C@@]1(O)C=C[C@@H]2OC(c3ccccc3)OC[C@H]2O1)c1ccc([N+](=O)[O-])cc1. The predicted octanol–water partition coefficient (Wildman–Crippen LogP) is 2.47. The van der Waals surface area contributed by atoms with E-state index in [1.165, 1.54) is 30.3 Å². The van der Waals surface area contributed by atoms with Crippen LogP contribution in [0.25, 0.3) is 0 Å². The molecule has 2 aliphatic rings. The number of non-ortho nitro benzene ring substituents is 1. The van der Waals surface area contributed by atoms with Gasteiger partial charge in [0, 0.05) is 23.8 Å². The van der Waals surface area contributed by atoms with E-state index < -0.39 is 35.4 Å². The van der Waals surface area contributed by atoms with Crippen LogP contribution in [0.2, 0.25) is 0 Å². The number of hydrogen-bond acceptors (Lipinski definition) is 8. The molecule has 0 aromatic heterocycles. The fourth-order valence-corrected chi connectivity index (χ4v) is 3.04. The normalized spacial score (nSPS) is 28.4. The highest BCUT2D eigenvalue weighted by molar-refractivity contribution is 5.89. The van der Waals surface area contributed by atoms with E-state index in [2.05, 4.69) is 0 Å². The van der Waals surface area contributed by atoms with E-state index in [4.69, 9.17) is 18.9 Å². The maximum Gasteiger partial charge on any atom is 0.349 e. The Morgan fingerprint density at radius 1 is 1.17 bits per heavy atom. The van der Waals surface area contributed by atoms with Crippen molar-refractivity contribution in [3.05, 3.63) is 88.0 Å². The maximum atomic E-state index is 12.3. The number of carbonyl (C=O) groups excluding carboxylic acids is 1. The molecule has 0 bridgehead atoms. The molecule has 29 heavy (non-hydrogen) atoms. The second-order valence-electron chi connectivity index (χ2n) is 6.52. The van der Waals surface area contributed by atoms with Gasteiger partial charge in [-0.25, -0.2) is 4.79 Å². The molecular weight excluding hydrogens is 382 g/mol. The molecule has 2 aromatic rings. The molecule has 0 saturated carbocycles. The zero-order chi connectivity index (χ0) is 20.4. The second kappa shape index (κ2) is 7.72. The van der Waals surface area contributed by atoms with E-state index in [-0.39, 0.29) is 17.9 Å². The minimum atomic E-state index is -2.30. The average molecular weight is 399 g/mol. The summed E-state index contributed by atoms with van der Waals surface area (Å²) >= 11 is 0. The van der Waals surface area contributed by atoms with Crippen molar-refractivity contribution in [3.8, 4) is 0 Å². The van der Waals surface area contributed by atoms with E-state index in [1.54, 1.807) is 6.08 Å². The van der Waals surface area contributed by atoms with Crippen molar-refractivity contribution in [1.82, 2.24) is 0 Å². The number of rotatable bonds is 4. The Labute approximate surface area is 165 Å². The van der Waals surface area contributed by atoms with E-state index in [0.717, 1.165) is 5.56 Å². The van der Waals surface area contributed by atoms with Crippen LogP contribution in [-0.2, 0) is 18.9 Å². The van der Waals surface area contributed by atoms with Crippen LogP contribution in [0.1, 0.15) is 22.2 Å². The number of esters is 1. The second-order valence-corrected chi connectivity index (χ2v) is 6.52. The van der Waals surface area contributed by atoms with Crippen LogP contribution in [0.4, 0.5) is 5.69 Å². The molecule has 9 nitrogen and oxygen atoms in total. The van der Waals surface area contributed by atoms with Gasteiger partial charge in [0.1, 0.15) is 12.2 Å². The summed E-state index contributed by atoms with van der Waals surface area (Å²) in [6.07, 6.45) is 0.988. The molecule has 1 unspecified atom stereocenters. The third-order valence-corrected chi connectivity index (χ3v) is 4.50. The summed E-state index contributed by atoms with van der Waals surface area (Å²) in [6, 6.07) is 14.2. The Morgan fingerprint density at radius 3 is 2.59 bits per heavy atom. The summed E-state index contributed by atoms with van der Waals surface area (Å²) in [5.74, 6) is -3.20. The van der Waals surface area contributed by atoms with Crippen LogP contribution in [0, 0.1) is 10.1 Å². The van der Waals surface area contributed by atoms with Gasteiger partial charge in [-0.1, -0.05) is 30.3 Å². The first kappa shape index (κ1) is 19.2. The Kier molecular flexibility index (Phi) is 5.12. The number of benzene rings is 2. The highest BCUT2D eigenvalue weighted by atomic mass is 16.8. The minimum Gasteiger partial charge on any atom is -0.401 e. The van der Waals surface area contributed by atoms with Gasteiger partial charge in [0.2, 0.25) is 0 Å². The first-order chi connectivity index (χ1) is 13.9. The van der Waals surface area contributed by atoms with E-state index in [0.29, 0.717) is 0 Å². The molecule has 1 N–H and O–H groups in total. The van der Waals surface area contributed by atoms with Gasteiger partial charge in [-0.15, -0.1) is 0 Å². The highest BCUT2D eigenvalue weighted by Crippen LogP contribution is 2.33. The standard InChI is InChI=1S/C20H17NO8/c22-18(13-6-8-15(9-7-13)21(24)25)29-20(23)11-10-16-17(28-20)12-26-19(27-16)14-4-2-1-3-5-14/h1-11,16-17,19,23H,12H2/t16-,17+,19?,20+/m0/s1. The third-order valence-electron chi connectivity index (χ3n) is 4.50. The monoisotopic (exact) mass is 399 g/mol. The van der Waals surface area contributed by atoms with Crippen molar-refractivity contribution in [2.75, 3.05) is 6.61 Å². The molecule has 9 heteroatoms. The first-order valence-corrected chi connectivity index (χ1v) is 8.83. The van der Waals surface area contributed by atoms with Crippen molar-refractivity contribution in [1.29, 1.82) is 0 Å². The molecule has 0 radical (unpaired) electrons. The lowest BCUT2D eigenvalue weighted by atomic mass is 10.1. The highest BCUT2D eigenvalue weighted by Gasteiger charge is 2.44. The maximum absolute atomic E-state index is 12.3. The minimum absolute atomic E-state index is 0.0310. The smallest absolute Gasteiger partial charge is 0.349 e. The molecule has 1 fully saturated rings. The molecule has 1 saturated heterocycles. The van der Waals surface area contributed by atoms with Gasteiger partial charge < -0.3 is 24.1 Å². The number of aliphatic hydroxyl groups is 1. The molecule has 4 atom stereocenters. The Morgan fingerprint density at radius 2 is 1.90 bits per heavy atom. The van der Waals surface area contributed by atoms with Crippen molar-refractivity contribution in [3.63, 3.8) is 0 Å². The Bertz CT molecular complexity index is 929. The Balaban J connectivity index is 1.42. The zero-order valence-corrected chi connectivity index (χ0v) is 15.0. The fraction of sp³-hybridized carbons (Fsp3) is 0.250. The molecule has 0 spiro atoms. The molecule has 2 aliphatic heterocycles. The summed E-state index contributed by atoms with van der Waals surface area (Å²) in [7, 11) is 0. The van der Waals surface area contributed by atoms with Crippen LogP contribution in [0.3, 0.4) is 0 Å². The summed E-state index contributed by atoms with van der Waals surface area (Å²) < 4.78 is 22.0. The number of hydrogen-bond donors (Lipinski definition) is 1. The van der Waals surface area contributed by atoms with Gasteiger partial charge >= 0.3 is 11.9 Å². The summed E-state index contributed by atoms with van der Waals surface area (Å²) in [5, 5.41) is 21.2. The molecule has 0 amide bonds. The van der Waals surface area contributed by atoms with Crippen molar-refractivity contribution in [2.24, 2.45) is 0 Å². The number of fused-ring (bicyclic) bond motifs is 1. The summed E-state index contributed by atoms with van der Waals surface area (Å²) in [5.41, 5.74) is 0.717. The van der Waals surface area contributed by atoms with Crippen LogP contribution in [0.5, 0.6) is 0 Å². The topological polar surface area (TPSA) is 117 Å². The molecule has 4 rings (SSSR count). The predicted molar refractivity (Wildman–Crippen MR) is 97.5 cm³/mol. The molecule has 2 aromatic carbocycles. The van der Waals surface area contributed by atoms with Gasteiger partial charge in [-0.05, 0) is 18.2 Å². The van der Waals surface area contributed by atoms with Crippen LogP contribution >= 0.6 is 0 Å². The number of nitro groups is 1. The lowest BCUT2D eigenvalue weighted by Crippen LogP contribution is -2.51. The first-order valence-electron chi connectivity index (χ1n) is 8.83. The quantitative estimate of drug-likeness (QED) is 0.274. The number of carbonyl (C=O) groups is 1.